The van der Waals surface area contributed by atoms with Crippen LogP contribution < -0.4 is 19.5 Å². The average Bonchev–Trinajstić information content (AvgIpc) is 2.67. The largest absolute Gasteiger partial charge is 0.497 e. The number of hydrogen-bond acceptors (Lipinski definition) is 5. The van der Waals surface area contributed by atoms with Crippen LogP contribution in [0.2, 0.25) is 0 Å². The summed E-state index contributed by atoms with van der Waals surface area (Å²) in [5.74, 6) is 0.973. The van der Waals surface area contributed by atoms with E-state index in [4.69, 9.17) is 9.47 Å². The first-order valence-electron chi connectivity index (χ1n) is 8.45. The van der Waals surface area contributed by atoms with Crippen LogP contribution in [0.5, 0.6) is 11.5 Å². The Morgan fingerprint density at radius 1 is 1.07 bits per heavy atom. The first kappa shape index (κ1) is 20.7. The maximum atomic E-state index is 12.5. The van der Waals surface area contributed by atoms with E-state index in [9.17, 15) is 13.2 Å². The molecule has 146 valence electrons. The van der Waals surface area contributed by atoms with E-state index in [1.165, 1.54) is 24.3 Å². The van der Waals surface area contributed by atoms with Gasteiger partial charge in [-0.25, -0.2) is 13.1 Å². The summed E-state index contributed by atoms with van der Waals surface area (Å²) in [6.45, 7) is 3.83. The van der Waals surface area contributed by atoms with Crippen LogP contribution in [0, 0.1) is 0 Å². The number of carbonyl (C=O) groups excluding carboxylic acids is 1. The van der Waals surface area contributed by atoms with Crippen molar-refractivity contribution in [1.29, 1.82) is 0 Å². The van der Waals surface area contributed by atoms with Gasteiger partial charge in [0.2, 0.25) is 10.0 Å². The van der Waals surface area contributed by atoms with Crippen LogP contribution in [0.3, 0.4) is 0 Å². The van der Waals surface area contributed by atoms with Gasteiger partial charge < -0.3 is 14.8 Å². The lowest BCUT2D eigenvalue weighted by atomic mass is 10.1. The fourth-order valence-electron chi connectivity index (χ4n) is 2.59. The molecule has 0 bridgehead atoms. The van der Waals surface area contributed by atoms with Gasteiger partial charge in [-0.2, -0.15) is 0 Å². The third kappa shape index (κ3) is 4.99. The number of ether oxygens (including phenoxy) is 2. The number of benzene rings is 2. The Kier molecular flexibility index (Phi) is 6.81. The second-order valence-electron chi connectivity index (χ2n) is 5.83. The smallest absolute Gasteiger partial charge is 0.251 e. The molecule has 1 amide bonds. The number of amides is 1. The van der Waals surface area contributed by atoms with Crippen molar-refractivity contribution >= 4 is 15.9 Å². The van der Waals surface area contributed by atoms with E-state index in [0.717, 1.165) is 5.56 Å². The van der Waals surface area contributed by atoms with Gasteiger partial charge in [-0.15, -0.1) is 0 Å². The maximum Gasteiger partial charge on any atom is 0.251 e. The molecular formula is C19H24N2O5S. The minimum Gasteiger partial charge on any atom is -0.497 e. The summed E-state index contributed by atoms with van der Waals surface area (Å²) in [4.78, 5) is 12.6. The molecular weight excluding hydrogens is 368 g/mol. The number of rotatable bonds is 8. The van der Waals surface area contributed by atoms with Gasteiger partial charge in [0.15, 0.2) is 0 Å². The Bertz CT molecular complexity index is 895. The van der Waals surface area contributed by atoms with E-state index in [0.29, 0.717) is 23.6 Å². The molecule has 0 radical (unpaired) electrons. The van der Waals surface area contributed by atoms with Gasteiger partial charge >= 0.3 is 0 Å². The van der Waals surface area contributed by atoms with Crippen molar-refractivity contribution in [3.05, 3.63) is 53.6 Å². The molecule has 0 unspecified atom stereocenters. The van der Waals surface area contributed by atoms with E-state index < -0.39 is 10.0 Å². The first-order valence-corrected chi connectivity index (χ1v) is 9.93. The third-order valence-corrected chi connectivity index (χ3v) is 5.57. The SMILES string of the molecule is CCNS(=O)(=O)c1ccc(C(=O)N[C@@H](C)c2cc(OC)ccc2OC)cc1. The molecule has 2 N–H and O–H groups in total. The molecule has 0 fully saturated rings. The van der Waals surface area contributed by atoms with Crippen LogP contribution in [-0.4, -0.2) is 35.1 Å². The third-order valence-electron chi connectivity index (χ3n) is 4.01. The predicted molar refractivity (Wildman–Crippen MR) is 103 cm³/mol. The summed E-state index contributed by atoms with van der Waals surface area (Å²) < 4.78 is 36.9. The lowest BCUT2D eigenvalue weighted by Crippen LogP contribution is -2.27. The number of nitrogens with one attached hydrogen (secondary N) is 2. The lowest BCUT2D eigenvalue weighted by molar-refractivity contribution is 0.0939. The Morgan fingerprint density at radius 2 is 1.74 bits per heavy atom. The number of hydrogen-bond donors (Lipinski definition) is 2. The molecule has 2 rings (SSSR count). The molecule has 0 spiro atoms. The molecule has 2 aromatic rings. The summed E-state index contributed by atoms with van der Waals surface area (Å²) in [6, 6.07) is 10.8. The minimum absolute atomic E-state index is 0.114. The topological polar surface area (TPSA) is 93.7 Å². The van der Waals surface area contributed by atoms with Gasteiger partial charge in [-0.3, -0.25) is 4.79 Å². The molecule has 27 heavy (non-hydrogen) atoms. The zero-order valence-corrected chi connectivity index (χ0v) is 16.6. The molecule has 7 nitrogen and oxygen atoms in total. The zero-order valence-electron chi connectivity index (χ0n) is 15.8. The highest BCUT2D eigenvalue weighted by molar-refractivity contribution is 7.89. The monoisotopic (exact) mass is 392 g/mol. The summed E-state index contributed by atoms with van der Waals surface area (Å²) in [5, 5.41) is 2.88. The van der Waals surface area contributed by atoms with Crippen molar-refractivity contribution in [3.8, 4) is 11.5 Å². The van der Waals surface area contributed by atoms with Crippen molar-refractivity contribution in [3.63, 3.8) is 0 Å². The van der Waals surface area contributed by atoms with E-state index in [2.05, 4.69) is 10.0 Å². The van der Waals surface area contributed by atoms with E-state index in [1.54, 1.807) is 39.3 Å². The van der Waals surface area contributed by atoms with Crippen molar-refractivity contribution in [1.82, 2.24) is 10.0 Å². The van der Waals surface area contributed by atoms with E-state index in [-0.39, 0.29) is 16.8 Å². The van der Waals surface area contributed by atoms with Crippen molar-refractivity contribution in [2.45, 2.75) is 24.8 Å². The first-order chi connectivity index (χ1) is 12.8. The van der Waals surface area contributed by atoms with E-state index >= 15 is 0 Å². The Morgan fingerprint density at radius 3 is 2.30 bits per heavy atom. The van der Waals surface area contributed by atoms with Gasteiger partial charge in [0, 0.05) is 17.7 Å². The van der Waals surface area contributed by atoms with Crippen LogP contribution in [-0.2, 0) is 10.0 Å². The molecule has 0 aliphatic rings. The molecule has 2 aromatic carbocycles. The number of sulfonamides is 1. The summed E-state index contributed by atoms with van der Waals surface area (Å²) in [6.07, 6.45) is 0. The average molecular weight is 392 g/mol. The van der Waals surface area contributed by atoms with Crippen molar-refractivity contribution < 1.29 is 22.7 Å². The zero-order chi connectivity index (χ0) is 20.0. The molecule has 0 aromatic heterocycles. The number of carbonyl (C=O) groups is 1. The van der Waals surface area contributed by atoms with Gasteiger partial charge in [0.1, 0.15) is 11.5 Å². The molecule has 1 atom stereocenters. The van der Waals surface area contributed by atoms with Crippen molar-refractivity contribution in [2.75, 3.05) is 20.8 Å². The van der Waals surface area contributed by atoms with Crippen LogP contribution >= 0.6 is 0 Å². The van der Waals surface area contributed by atoms with Crippen molar-refractivity contribution in [2.24, 2.45) is 0 Å². The predicted octanol–water partition coefficient (Wildman–Crippen LogP) is 2.49. The Hall–Kier alpha value is -2.58. The van der Waals surface area contributed by atoms with Crippen LogP contribution in [0.25, 0.3) is 0 Å². The highest BCUT2D eigenvalue weighted by Gasteiger charge is 2.18. The number of methoxy groups -OCH3 is 2. The molecule has 0 saturated carbocycles. The van der Waals surface area contributed by atoms with Crippen LogP contribution in [0.15, 0.2) is 47.4 Å². The summed E-state index contributed by atoms with van der Waals surface area (Å²) in [7, 11) is -0.422. The fraction of sp³-hybridized carbons (Fsp3) is 0.316. The second-order valence-corrected chi connectivity index (χ2v) is 7.60. The van der Waals surface area contributed by atoms with Gasteiger partial charge in [0.25, 0.3) is 5.91 Å². The second kappa shape index (κ2) is 8.88. The standard InChI is InChI=1S/C19H24N2O5S/c1-5-20-27(23,24)16-9-6-14(7-10-16)19(22)21-13(2)17-12-15(25-3)8-11-18(17)26-4/h6-13,20H,5H2,1-4H3,(H,21,22)/t13-/m0/s1. The fourth-order valence-corrected chi connectivity index (χ4v) is 3.64. The normalized spacial score (nSPS) is 12.3. The maximum absolute atomic E-state index is 12.5. The van der Waals surface area contributed by atoms with Gasteiger partial charge in [-0.1, -0.05) is 6.92 Å². The van der Waals surface area contributed by atoms with Gasteiger partial charge in [-0.05, 0) is 49.4 Å². The lowest BCUT2D eigenvalue weighted by Gasteiger charge is -2.18. The Balaban J connectivity index is 2.17. The molecule has 0 aliphatic heterocycles. The minimum atomic E-state index is -3.55. The highest BCUT2D eigenvalue weighted by Crippen LogP contribution is 2.29. The van der Waals surface area contributed by atoms with E-state index in [1.807, 2.05) is 6.92 Å². The quantitative estimate of drug-likeness (QED) is 0.720. The Labute approximate surface area is 159 Å². The molecule has 8 heteroatoms. The highest BCUT2D eigenvalue weighted by atomic mass is 32.2. The summed E-state index contributed by atoms with van der Waals surface area (Å²) >= 11 is 0. The van der Waals surface area contributed by atoms with Gasteiger partial charge in [0.05, 0.1) is 25.2 Å². The van der Waals surface area contributed by atoms with Crippen LogP contribution in [0.4, 0.5) is 0 Å². The molecule has 0 heterocycles. The van der Waals surface area contributed by atoms with Crippen LogP contribution in [0.1, 0.15) is 35.8 Å². The molecule has 0 aliphatic carbocycles. The molecule has 0 saturated heterocycles. The summed E-state index contributed by atoms with van der Waals surface area (Å²) in [5.41, 5.74) is 1.13.